The molecule has 0 radical (unpaired) electrons. The molecule has 92 valence electrons. The van der Waals surface area contributed by atoms with E-state index < -0.39 is 0 Å². The maximum atomic E-state index is 4.21. The van der Waals surface area contributed by atoms with Crippen LogP contribution in [0.4, 0.5) is 0 Å². The monoisotopic (exact) mass is 234 g/mol. The molecule has 0 saturated carbocycles. The zero-order valence-corrected chi connectivity index (χ0v) is 10.5. The van der Waals surface area contributed by atoms with Gasteiger partial charge >= 0.3 is 0 Å². The Balaban J connectivity index is 2.28. The first kappa shape index (κ1) is 11.8. The van der Waals surface area contributed by atoms with Crippen molar-refractivity contribution < 1.29 is 0 Å². The van der Waals surface area contributed by atoms with Gasteiger partial charge in [-0.3, -0.25) is 9.36 Å². The molecule has 0 fully saturated rings. The van der Waals surface area contributed by atoms with E-state index in [9.17, 15) is 0 Å². The van der Waals surface area contributed by atoms with Gasteiger partial charge in [0.25, 0.3) is 0 Å². The first-order chi connectivity index (χ1) is 8.22. The normalized spacial score (nSPS) is 12.9. The SMILES string of the molecule is CCCNC(c1cnn(C)c1)c1cnnn1C. The minimum atomic E-state index is 0.101. The Morgan fingerprint density at radius 2 is 2.18 bits per heavy atom. The molecule has 1 unspecified atom stereocenters. The van der Waals surface area contributed by atoms with Crippen molar-refractivity contribution in [2.24, 2.45) is 14.1 Å². The molecule has 2 rings (SSSR count). The fourth-order valence-electron chi connectivity index (χ4n) is 1.83. The van der Waals surface area contributed by atoms with E-state index in [4.69, 9.17) is 0 Å². The van der Waals surface area contributed by atoms with Gasteiger partial charge in [-0.1, -0.05) is 12.1 Å². The van der Waals surface area contributed by atoms with Gasteiger partial charge in [0.05, 0.1) is 24.1 Å². The smallest absolute Gasteiger partial charge is 0.0799 e. The summed E-state index contributed by atoms with van der Waals surface area (Å²) in [7, 11) is 3.82. The number of rotatable bonds is 5. The lowest BCUT2D eigenvalue weighted by molar-refractivity contribution is 0.550. The maximum absolute atomic E-state index is 4.21. The molecular weight excluding hydrogens is 216 g/mol. The third-order valence-electron chi connectivity index (χ3n) is 2.70. The number of hydrogen-bond acceptors (Lipinski definition) is 4. The van der Waals surface area contributed by atoms with Crippen LogP contribution in [0.3, 0.4) is 0 Å². The zero-order chi connectivity index (χ0) is 12.3. The second-order valence-electron chi connectivity index (χ2n) is 4.12. The highest BCUT2D eigenvalue weighted by atomic mass is 15.4. The summed E-state index contributed by atoms with van der Waals surface area (Å²) >= 11 is 0. The molecule has 17 heavy (non-hydrogen) atoms. The summed E-state index contributed by atoms with van der Waals surface area (Å²) in [5.41, 5.74) is 2.18. The predicted molar refractivity (Wildman–Crippen MR) is 64.3 cm³/mol. The predicted octanol–water partition coefficient (Wildman–Crippen LogP) is 0.638. The Kier molecular flexibility index (Phi) is 3.53. The largest absolute Gasteiger partial charge is 0.305 e. The molecule has 0 saturated heterocycles. The van der Waals surface area contributed by atoms with Crippen molar-refractivity contribution >= 4 is 0 Å². The molecule has 6 heteroatoms. The molecule has 2 heterocycles. The van der Waals surface area contributed by atoms with Crippen molar-refractivity contribution in [1.82, 2.24) is 30.1 Å². The van der Waals surface area contributed by atoms with Gasteiger partial charge in [0.1, 0.15) is 0 Å². The topological polar surface area (TPSA) is 60.6 Å². The summed E-state index contributed by atoms with van der Waals surface area (Å²) < 4.78 is 3.60. The van der Waals surface area contributed by atoms with E-state index in [-0.39, 0.29) is 6.04 Å². The Morgan fingerprint density at radius 3 is 2.71 bits per heavy atom. The van der Waals surface area contributed by atoms with Gasteiger partial charge in [-0.05, 0) is 13.0 Å². The number of nitrogens with one attached hydrogen (secondary N) is 1. The molecule has 1 atom stereocenters. The Bertz CT molecular complexity index is 472. The fraction of sp³-hybridized carbons (Fsp3) is 0.545. The Labute approximate surface area is 101 Å². The standard InChI is InChI=1S/C11H18N6/c1-4-5-12-11(9-6-14-16(2)8-9)10-7-13-15-17(10)3/h6-8,11-12H,4-5H2,1-3H3. The summed E-state index contributed by atoms with van der Waals surface area (Å²) in [4.78, 5) is 0. The molecule has 0 aliphatic heterocycles. The first-order valence-corrected chi connectivity index (χ1v) is 5.79. The average Bonchev–Trinajstić information content (AvgIpc) is 2.90. The molecule has 0 aliphatic rings. The second kappa shape index (κ2) is 5.09. The lowest BCUT2D eigenvalue weighted by Gasteiger charge is -2.16. The lowest BCUT2D eigenvalue weighted by Crippen LogP contribution is -2.25. The molecule has 2 aromatic rings. The molecule has 0 bridgehead atoms. The van der Waals surface area contributed by atoms with Crippen LogP contribution in [0, 0.1) is 0 Å². The summed E-state index contributed by atoms with van der Waals surface area (Å²) in [6, 6.07) is 0.101. The molecule has 6 nitrogen and oxygen atoms in total. The number of nitrogens with zero attached hydrogens (tertiary/aromatic N) is 5. The lowest BCUT2D eigenvalue weighted by atomic mass is 10.1. The average molecular weight is 234 g/mol. The van der Waals surface area contributed by atoms with Crippen molar-refractivity contribution in [1.29, 1.82) is 0 Å². The molecule has 0 spiro atoms. The van der Waals surface area contributed by atoms with E-state index >= 15 is 0 Å². The maximum Gasteiger partial charge on any atom is 0.0799 e. The van der Waals surface area contributed by atoms with E-state index in [1.807, 2.05) is 26.5 Å². The van der Waals surface area contributed by atoms with Gasteiger partial charge in [0.2, 0.25) is 0 Å². The van der Waals surface area contributed by atoms with Gasteiger partial charge in [-0.25, -0.2) is 0 Å². The van der Waals surface area contributed by atoms with Crippen LogP contribution in [0.1, 0.15) is 30.6 Å². The van der Waals surface area contributed by atoms with Crippen molar-refractivity contribution in [3.63, 3.8) is 0 Å². The summed E-state index contributed by atoms with van der Waals surface area (Å²) in [5.74, 6) is 0. The van der Waals surface area contributed by atoms with Gasteiger partial charge in [-0.15, -0.1) is 5.10 Å². The van der Waals surface area contributed by atoms with Crippen molar-refractivity contribution in [3.05, 3.63) is 29.8 Å². The molecular formula is C11H18N6. The van der Waals surface area contributed by atoms with Gasteiger partial charge in [0.15, 0.2) is 0 Å². The minimum absolute atomic E-state index is 0.101. The van der Waals surface area contributed by atoms with Crippen molar-refractivity contribution in [3.8, 4) is 0 Å². The Hall–Kier alpha value is -1.69. The van der Waals surface area contributed by atoms with Crippen LogP contribution in [0.15, 0.2) is 18.6 Å². The van der Waals surface area contributed by atoms with Gasteiger partial charge in [-0.2, -0.15) is 5.10 Å². The first-order valence-electron chi connectivity index (χ1n) is 5.79. The van der Waals surface area contributed by atoms with Crippen LogP contribution in [0.5, 0.6) is 0 Å². The quantitative estimate of drug-likeness (QED) is 0.824. The minimum Gasteiger partial charge on any atom is -0.305 e. The van der Waals surface area contributed by atoms with E-state index in [0.29, 0.717) is 0 Å². The molecule has 0 amide bonds. The highest BCUT2D eigenvalue weighted by Gasteiger charge is 2.18. The van der Waals surface area contributed by atoms with Crippen LogP contribution in [-0.2, 0) is 14.1 Å². The van der Waals surface area contributed by atoms with Crippen LogP contribution in [0.2, 0.25) is 0 Å². The second-order valence-corrected chi connectivity index (χ2v) is 4.12. The molecule has 0 aromatic carbocycles. The number of hydrogen-bond donors (Lipinski definition) is 1. The number of aryl methyl sites for hydroxylation is 2. The van der Waals surface area contributed by atoms with Crippen LogP contribution >= 0.6 is 0 Å². The third-order valence-corrected chi connectivity index (χ3v) is 2.70. The van der Waals surface area contributed by atoms with Gasteiger partial charge < -0.3 is 5.32 Å². The third kappa shape index (κ3) is 2.52. The van der Waals surface area contributed by atoms with E-state index in [1.54, 1.807) is 15.6 Å². The molecule has 2 aromatic heterocycles. The molecule has 1 N–H and O–H groups in total. The van der Waals surface area contributed by atoms with Crippen LogP contribution in [0.25, 0.3) is 0 Å². The zero-order valence-electron chi connectivity index (χ0n) is 10.5. The highest BCUT2D eigenvalue weighted by molar-refractivity contribution is 5.21. The number of aromatic nitrogens is 5. The van der Waals surface area contributed by atoms with E-state index in [0.717, 1.165) is 24.2 Å². The van der Waals surface area contributed by atoms with Crippen LogP contribution in [-0.4, -0.2) is 31.3 Å². The van der Waals surface area contributed by atoms with E-state index in [1.165, 1.54) is 0 Å². The highest BCUT2D eigenvalue weighted by Crippen LogP contribution is 2.19. The fourth-order valence-corrected chi connectivity index (χ4v) is 1.83. The molecule has 0 aliphatic carbocycles. The van der Waals surface area contributed by atoms with Crippen molar-refractivity contribution in [2.45, 2.75) is 19.4 Å². The van der Waals surface area contributed by atoms with E-state index in [2.05, 4.69) is 27.7 Å². The summed E-state index contributed by atoms with van der Waals surface area (Å²) in [6.45, 7) is 3.10. The van der Waals surface area contributed by atoms with Gasteiger partial charge in [0, 0.05) is 25.9 Å². The summed E-state index contributed by atoms with van der Waals surface area (Å²) in [6.07, 6.45) is 6.77. The Morgan fingerprint density at radius 1 is 1.35 bits per heavy atom. The van der Waals surface area contributed by atoms with Crippen LogP contribution < -0.4 is 5.32 Å². The van der Waals surface area contributed by atoms with Crippen molar-refractivity contribution in [2.75, 3.05) is 6.54 Å². The summed E-state index contributed by atoms with van der Waals surface area (Å²) in [5, 5.41) is 15.6.